The van der Waals surface area contributed by atoms with Gasteiger partial charge in [-0.25, -0.2) is 9.98 Å². The number of aromatic nitrogens is 2. The molecule has 0 fully saturated rings. The van der Waals surface area contributed by atoms with Crippen LogP contribution in [0.25, 0.3) is 10.9 Å². The molecule has 1 aliphatic rings. The van der Waals surface area contributed by atoms with Crippen LogP contribution in [0.3, 0.4) is 0 Å². The molecular weight excluding hydrogens is 358 g/mol. The Balaban J connectivity index is 2.02. The predicted molar refractivity (Wildman–Crippen MR) is 93.5 cm³/mol. The van der Waals surface area contributed by atoms with E-state index in [-0.39, 0.29) is 11.5 Å². The van der Waals surface area contributed by atoms with Crippen molar-refractivity contribution in [2.24, 2.45) is 10.7 Å². The lowest BCUT2D eigenvalue weighted by molar-refractivity contribution is 0.583. The average molecular weight is 370 g/mol. The van der Waals surface area contributed by atoms with Crippen molar-refractivity contribution in [3.8, 4) is 0 Å². The summed E-state index contributed by atoms with van der Waals surface area (Å²) < 4.78 is 2.44. The molecule has 0 bridgehead atoms. The number of fused-ring (bicyclic) bond motifs is 2. The molecule has 114 valence electrons. The highest BCUT2D eigenvalue weighted by atomic mass is 79.9. The molecule has 2 heterocycles. The summed E-state index contributed by atoms with van der Waals surface area (Å²) in [5.74, 6) is 0.628. The number of nitrogens with zero attached hydrogens (tertiary/aromatic N) is 3. The highest BCUT2D eigenvalue weighted by Gasteiger charge is 2.25. The van der Waals surface area contributed by atoms with Gasteiger partial charge < -0.3 is 5.73 Å². The molecule has 1 aliphatic heterocycles. The molecule has 0 aliphatic carbocycles. The molecule has 1 aromatic heterocycles. The Morgan fingerprint density at radius 1 is 1.17 bits per heavy atom. The average Bonchev–Trinajstić information content (AvgIpc) is 2.54. The molecule has 0 spiro atoms. The van der Waals surface area contributed by atoms with Gasteiger partial charge in [0.2, 0.25) is 5.95 Å². The van der Waals surface area contributed by atoms with Crippen LogP contribution in [0.2, 0.25) is 0 Å². The van der Waals surface area contributed by atoms with E-state index in [0.717, 1.165) is 10.0 Å². The molecule has 0 saturated carbocycles. The van der Waals surface area contributed by atoms with Crippen molar-refractivity contribution in [2.45, 2.75) is 6.17 Å². The zero-order valence-corrected chi connectivity index (χ0v) is 13.5. The number of aliphatic imine (C=N–C) groups is 1. The highest BCUT2D eigenvalue weighted by molar-refractivity contribution is 9.10. The van der Waals surface area contributed by atoms with Crippen molar-refractivity contribution in [2.75, 3.05) is 5.32 Å². The first-order chi connectivity index (χ1) is 11.1. The molecular formula is C16H12BrN5O. The maximum atomic E-state index is 12.9. The number of nitrogens with two attached hydrogens (primary N) is 1. The smallest absolute Gasteiger partial charge is 0.264 e. The molecule has 6 nitrogen and oxygen atoms in total. The van der Waals surface area contributed by atoms with Crippen LogP contribution < -0.4 is 16.6 Å². The molecule has 0 amide bonds. The van der Waals surface area contributed by atoms with E-state index in [1.54, 1.807) is 12.1 Å². The molecule has 4 rings (SSSR count). The molecule has 0 radical (unpaired) electrons. The number of halogens is 1. The zero-order valence-electron chi connectivity index (χ0n) is 11.9. The Hall–Kier alpha value is -2.67. The van der Waals surface area contributed by atoms with E-state index in [9.17, 15) is 4.79 Å². The lowest BCUT2D eigenvalue weighted by Crippen LogP contribution is -2.38. The number of nitrogens with one attached hydrogen (secondary N) is 1. The lowest BCUT2D eigenvalue weighted by atomic mass is 10.1. The number of guanidine groups is 1. The van der Waals surface area contributed by atoms with Crippen LogP contribution in [0.1, 0.15) is 11.7 Å². The number of rotatable bonds is 1. The van der Waals surface area contributed by atoms with E-state index < -0.39 is 6.17 Å². The maximum absolute atomic E-state index is 12.9. The summed E-state index contributed by atoms with van der Waals surface area (Å²) >= 11 is 3.44. The number of benzene rings is 2. The van der Waals surface area contributed by atoms with Crippen molar-refractivity contribution < 1.29 is 0 Å². The molecule has 7 heteroatoms. The SMILES string of the molecule is NC1=N[C@H](c2cccc(Br)c2)n2c(nc3ccccc3c2=O)N1. The largest absolute Gasteiger partial charge is 0.370 e. The second kappa shape index (κ2) is 5.20. The van der Waals surface area contributed by atoms with Crippen LogP contribution in [0.5, 0.6) is 0 Å². The van der Waals surface area contributed by atoms with Crippen LogP contribution in [-0.2, 0) is 0 Å². The van der Waals surface area contributed by atoms with Crippen molar-refractivity contribution in [3.05, 3.63) is 68.9 Å². The Morgan fingerprint density at radius 2 is 2.00 bits per heavy atom. The van der Waals surface area contributed by atoms with Gasteiger partial charge in [0.05, 0.1) is 10.9 Å². The van der Waals surface area contributed by atoms with Gasteiger partial charge in [0.15, 0.2) is 12.1 Å². The summed E-state index contributed by atoms with van der Waals surface area (Å²) in [5, 5.41) is 3.42. The van der Waals surface area contributed by atoms with Gasteiger partial charge in [-0.05, 0) is 29.8 Å². The number of para-hydroxylation sites is 1. The van der Waals surface area contributed by atoms with Gasteiger partial charge in [0.25, 0.3) is 5.56 Å². The summed E-state index contributed by atoms with van der Waals surface area (Å²) in [7, 11) is 0. The Labute approximate surface area is 139 Å². The van der Waals surface area contributed by atoms with Crippen LogP contribution in [0, 0.1) is 0 Å². The standard InChI is InChI=1S/C16H12BrN5O/c17-10-5-3-4-9(8-10)13-20-15(18)21-16-19-12-7-2-1-6-11(12)14(23)22(13)16/h1-8,13H,(H3,18,19,20,21)/t13-/m0/s1. The Morgan fingerprint density at radius 3 is 2.83 bits per heavy atom. The van der Waals surface area contributed by atoms with Crippen molar-refractivity contribution >= 4 is 38.7 Å². The first-order valence-electron chi connectivity index (χ1n) is 7.00. The molecule has 23 heavy (non-hydrogen) atoms. The van der Waals surface area contributed by atoms with E-state index >= 15 is 0 Å². The van der Waals surface area contributed by atoms with Crippen molar-refractivity contribution in [1.29, 1.82) is 0 Å². The minimum Gasteiger partial charge on any atom is -0.370 e. The van der Waals surface area contributed by atoms with E-state index in [1.807, 2.05) is 36.4 Å². The maximum Gasteiger partial charge on any atom is 0.264 e. The fraction of sp³-hybridized carbons (Fsp3) is 0.0625. The van der Waals surface area contributed by atoms with E-state index in [1.165, 1.54) is 4.57 Å². The third-order valence-electron chi connectivity index (χ3n) is 3.70. The van der Waals surface area contributed by atoms with Crippen molar-refractivity contribution in [3.63, 3.8) is 0 Å². The topological polar surface area (TPSA) is 85.3 Å². The summed E-state index contributed by atoms with van der Waals surface area (Å²) in [6, 6.07) is 14.9. The number of hydrogen-bond acceptors (Lipinski definition) is 5. The minimum absolute atomic E-state index is 0.153. The first kappa shape index (κ1) is 14.0. The van der Waals surface area contributed by atoms with Gasteiger partial charge in [-0.15, -0.1) is 0 Å². The lowest BCUT2D eigenvalue weighted by Gasteiger charge is -2.25. The second-order valence-corrected chi connectivity index (χ2v) is 6.11. The van der Waals surface area contributed by atoms with Crippen LogP contribution >= 0.6 is 15.9 Å². The third kappa shape index (κ3) is 2.29. The summed E-state index contributed by atoms with van der Waals surface area (Å²) in [4.78, 5) is 21.8. The summed E-state index contributed by atoms with van der Waals surface area (Å²) in [6.07, 6.45) is -0.548. The van der Waals surface area contributed by atoms with Crippen LogP contribution in [-0.4, -0.2) is 15.5 Å². The van der Waals surface area contributed by atoms with E-state index in [2.05, 4.69) is 31.2 Å². The fourth-order valence-corrected chi connectivity index (χ4v) is 3.11. The predicted octanol–water partition coefficient (Wildman–Crippen LogP) is 2.45. The molecule has 0 unspecified atom stereocenters. The molecule has 3 N–H and O–H groups in total. The molecule has 1 atom stereocenters. The van der Waals surface area contributed by atoms with E-state index in [0.29, 0.717) is 16.9 Å². The normalized spacial score (nSPS) is 16.6. The highest BCUT2D eigenvalue weighted by Crippen LogP contribution is 2.27. The Bertz CT molecular complexity index is 1010. The minimum atomic E-state index is -0.548. The third-order valence-corrected chi connectivity index (χ3v) is 4.19. The Kier molecular flexibility index (Phi) is 3.16. The quantitative estimate of drug-likeness (QED) is 0.689. The van der Waals surface area contributed by atoms with Gasteiger partial charge in [-0.3, -0.25) is 14.7 Å². The molecule has 0 saturated heterocycles. The van der Waals surface area contributed by atoms with Crippen LogP contribution in [0.4, 0.5) is 5.95 Å². The first-order valence-corrected chi connectivity index (χ1v) is 7.80. The molecule has 2 aromatic carbocycles. The van der Waals surface area contributed by atoms with E-state index in [4.69, 9.17) is 5.73 Å². The summed E-state index contributed by atoms with van der Waals surface area (Å²) in [5.41, 5.74) is 7.20. The monoisotopic (exact) mass is 369 g/mol. The van der Waals surface area contributed by atoms with Gasteiger partial charge in [0.1, 0.15) is 0 Å². The zero-order chi connectivity index (χ0) is 16.0. The van der Waals surface area contributed by atoms with Gasteiger partial charge in [-0.1, -0.05) is 40.2 Å². The second-order valence-electron chi connectivity index (χ2n) is 5.20. The molecule has 3 aromatic rings. The van der Waals surface area contributed by atoms with Crippen molar-refractivity contribution in [1.82, 2.24) is 9.55 Å². The van der Waals surface area contributed by atoms with Gasteiger partial charge in [0, 0.05) is 4.47 Å². The number of hydrogen-bond donors (Lipinski definition) is 2. The van der Waals surface area contributed by atoms with Gasteiger partial charge in [-0.2, -0.15) is 0 Å². The van der Waals surface area contributed by atoms with Crippen LogP contribution in [0.15, 0.2) is 62.8 Å². The summed E-state index contributed by atoms with van der Waals surface area (Å²) in [6.45, 7) is 0. The fourth-order valence-electron chi connectivity index (χ4n) is 2.69. The number of anilines is 1. The van der Waals surface area contributed by atoms with Gasteiger partial charge >= 0.3 is 0 Å².